The van der Waals surface area contributed by atoms with Crippen molar-refractivity contribution in [2.45, 2.75) is 34.1 Å². The second-order valence-electron chi connectivity index (χ2n) is 4.21. The van der Waals surface area contributed by atoms with Crippen molar-refractivity contribution in [2.24, 2.45) is 23.5 Å². The average molecular weight is 169 g/mol. The van der Waals surface area contributed by atoms with Crippen LogP contribution in [0.2, 0.25) is 0 Å². The zero-order chi connectivity index (χ0) is 9.72. The highest BCUT2D eigenvalue weighted by atomic mass is 14.5. The molecule has 0 aliphatic rings. The van der Waals surface area contributed by atoms with E-state index in [9.17, 15) is 0 Å². The first-order chi connectivity index (χ1) is 5.49. The third-order valence-electron chi connectivity index (χ3n) is 2.84. The van der Waals surface area contributed by atoms with Crippen LogP contribution in [0.5, 0.6) is 0 Å². The van der Waals surface area contributed by atoms with E-state index in [1.807, 2.05) is 0 Å². The van der Waals surface area contributed by atoms with Crippen LogP contribution in [0, 0.1) is 17.8 Å². The zero-order valence-corrected chi connectivity index (χ0v) is 8.93. The van der Waals surface area contributed by atoms with Gasteiger partial charge < -0.3 is 5.73 Å². The summed E-state index contributed by atoms with van der Waals surface area (Å²) in [5.74, 6) is 2.03. The Kier molecular flexibility index (Phi) is 5.23. The molecule has 0 bridgehead atoms. The Morgan fingerprint density at radius 3 is 2.08 bits per heavy atom. The Balaban J connectivity index is 3.91. The van der Waals surface area contributed by atoms with Crippen molar-refractivity contribution in [1.29, 1.82) is 0 Å². The molecule has 3 atom stereocenters. The summed E-state index contributed by atoms with van der Waals surface area (Å²) in [5.41, 5.74) is 6.90. The standard InChI is InChI=1S/C11H23N/c1-8(2)6-9(3)11(5)10(4)7-12/h9-11H,1,6-7,12H2,2-5H3. The first-order valence-corrected chi connectivity index (χ1v) is 4.83. The van der Waals surface area contributed by atoms with Crippen LogP contribution < -0.4 is 5.73 Å². The lowest BCUT2D eigenvalue weighted by atomic mass is 9.82. The molecule has 0 rings (SSSR count). The van der Waals surface area contributed by atoms with E-state index in [1.54, 1.807) is 0 Å². The Morgan fingerprint density at radius 1 is 1.25 bits per heavy atom. The van der Waals surface area contributed by atoms with Gasteiger partial charge in [-0.05, 0) is 37.6 Å². The lowest BCUT2D eigenvalue weighted by Gasteiger charge is -2.25. The molecule has 0 aliphatic carbocycles. The largest absolute Gasteiger partial charge is 0.330 e. The van der Waals surface area contributed by atoms with Crippen molar-refractivity contribution in [2.75, 3.05) is 6.54 Å². The van der Waals surface area contributed by atoms with Crippen LogP contribution in [0.15, 0.2) is 12.2 Å². The molecular weight excluding hydrogens is 146 g/mol. The first kappa shape index (κ1) is 11.7. The van der Waals surface area contributed by atoms with E-state index in [0.717, 1.165) is 13.0 Å². The molecular formula is C11H23N. The van der Waals surface area contributed by atoms with Crippen molar-refractivity contribution in [3.8, 4) is 0 Å². The predicted octanol–water partition coefficient (Wildman–Crippen LogP) is 2.82. The highest BCUT2D eigenvalue weighted by Gasteiger charge is 2.17. The van der Waals surface area contributed by atoms with Crippen molar-refractivity contribution in [3.63, 3.8) is 0 Å². The average Bonchev–Trinajstić information content (AvgIpc) is 2.00. The molecule has 0 saturated carbocycles. The molecule has 0 saturated heterocycles. The van der Waals surface area contributed by atoms with Gasteiger partial charge in [-0.1, -0.05) is 26.3 Å². The van der Waals surface area contributed by atoms with E-state index < -0.39 is 0 Å². The van der Waals surface area contributed by atoms with E-state index in [4.69, 9.17) is 5.73 Å². The van der Waals surface area contributed by atoms with Gasteiger partial charge in [-0.15, -0.1) is 6.58 Å². The maximum absolute atomic E-state index is 5.62. The van der Waals surface area contributed by atoms with Crippen LogP contribution in [0.4, 0.5) is 0 Å². The molecule has 2 N–H and O–H groups in total. The normalized spacial score (nSPS) is 18.4. The fourth-order valence-electron chi connectivity index (χ4n) is 1.51. The Hall–Kier alpha value is -0.300. The van der Waals surface area contributed by atoms with Crippen LogP contribution in [0.1, 0.15) is 34.1 Å². The summed E-state index contributed by atoms with van der Waals surface area (Å²) in [6, 6.07) is 0. The van der Waals surface area contributed by atoms with Crippen molar-refractivity contribution >= 4 is 0 Å². The quantitative estimate of drug-likeness (QED) is 0.629. The molecule has 0 heterocycles. The number of rotatable bonds is 5. The molecule has 1 nitrogen and oxygen atoms in total. The second kappa shape index (κ2) is 5.36. The van der Waals surface area contributed by atoms with E-state index in [-0.39, 0.29) is 0 Å². The van der Waals surface area contributed by atoms with Gasteiger partial charge in [0, 0.05) is 0 Å². The summed E-state index contributed by atoms with van der Waals surface area (Å²) in [6.07, 6.45) is 1.13. The maximum atomic E-state index is 5.62. The topological polar surface area (TPSA) is 26.0 Å². The maximum Gasteiger partial charge on any atom is -0.00489 e. The summed E-state index contributed by atoms with van der Waals surface area (Å²) in [7, 11) is 0. The molecule has 0 aromatic carbocycles. The highest BCUT2D eigenvalue weighted by Crippen LogP contribution is 2.24. The van der Waals surface area contributed by atoms with Gasteiger partial charge in [0.05, 0.1) is 0 Å². The van der Waals surface area contributed by atoms with Gasteiger partial charge in [-0.3, -0.25) is 0 Å². The van der Waals surface area contributed by atoms with Gasteiger partial charge in [0.1, 0.15) is 0 Å². The van der Waals surface area contributed by atoms with Crippen molar-refractivity contribution in [3.05, 3.63) is 12.2 Å². The van der Waals surface area contributed by atoms with Gasteiger partial charge in [-0.2, -0.15) is 0 Å². The monoisotopic (exact) mass is 169 g/mol. The number of hydrogen-bond donors (Lipinski definition) is 1. The van der Waals surface area contributed by atoms with Crippen LogP contribution in [0.3, 0.4) is 0 Å². The molecule has 0 radical (unpaired) electrons. The summed E-state index contributed by atoms with van der Waals surface area (Å²) < 4.78 is 0. The van der Waals surface area contributed by atoms with Crippen LogP contribution in [-0.4, -0.2) is 6.54 Å². The number of allylic oxidation sites excluding steroid dienone is 1. The molecule has 0 aromatic heterocycles. The lowest BCUT2D eigenvalue weighted by molar-refractivity contribution is 0.283. The third-order valence-corrected chi connectivity index (χ3v) is 2.84. The van der Waals surface area contributed by atoms with Gasteiger partial charge in [0.15, 0.2) is 0 Å². The summed E-state index contributed by atoms with van der Waals surface area (Å²) in [6.45, 7) is 13.6. The molecule has 12 heavy (non-hydrogen) atoms. The van der Waals surface area contributed by atoms with Gasteiger partial charge in [0.25, 0.3) is 0 Å². The molecule has 0 amide bonds. The minimum absolute atomic E-state index is 0.624. The lowest BCUT2D eigenvalue weighted by Crippen LogP contribution is -2.23. The summed E-state index contributed by atoms with van der Waals surface area (Å²) >= 11 is 0. The summed E-state index contributed by atoms with van der Waals surface area (Å²) in [5, 5.41) is 0. The minimum Gasteiger partial charge on any atom is -0.330 e. The Bertz CT molecular complexity index is 140. The van der Waals surface area contributed by atoms with Crippen LogP contribution >= 0.6 is 0 Å². The Labute approximate surface area is 77.0 Å². The zero-order valence-electron chi connectivity index (χ0n) is 8.93. The first-order valence-electron chi connectivity index (χ1n) is 4.83. The van der Waals surface area contributed by atoms with Crippen LogP contribution in [-0.2, 0) is 0 Å². The third kappa shape index (κ3) is 3.91. The fraction of sp³-hybridized carbons (Fsp3) is 0.818. The van der Waals surface area contributed by atoms with E-state index in [2.05, 4.69) is 34.3 Å². The molecule has 1 heteroatoms. The predicted molar refractivity (Wildman–Crippen MR) is 56.0 cm³/mol. The SMILES string of the molecule is C=C(C)CC(C)C(C)C(C)CN. The van der Waals surface area contributed by atoms with Gasteiger partial charge in [-0.25, -0.2) is 0 Å². The van der Waals surface area contributed by atoms with Crippen molar-refractivity contribution < 1.29 is 0 Å². The molecule has 3 unspecified atom stereocenters. The second-order valence-corrected chi connectivity index (χ2v) is 4.21. The molecule has 0 fully saturated rings. The van der Waals surface area contributed by atoms with Gasteiger partial charge >= 0.3 is 0 Å². The van der Waals surface area contributed by atoms with E-state index >= 15 is 0 Å². The molecule has 0 aromatic rings. The number of nitrogens with two attached hydrogens (primary N) is 1. The molecule has 0 aliphatic heterocycles. The van der Waals surface area contributed by atoms with Crippen LogP contribution in [0.25, 0.3) is 0 Å². The summed E-state index contributed by atoms with van der Waals surface area (Å²) in [4.78, 5) is 0. The molecule has 72 valence electrons. The van der Waals surface area contributed by atoms with E-state index in [1.165, 1.54) is 5.57 Å². The minimum atomic E-state index is 0.624. The van der Waals surface area contributed by atoms with Crippen molar-refractivity contribution in [1.82, 2.24) is 0 Å². The smallest absolute Gasteiger partial charge is 0.00489 e. The highest BCUT2D eigenvalue weighted by molar-refractivity contribution is 4.90. The number of hydrogen-bond acceptors (Lipinski definition) is 1. The van der Waals surface area contributed by atoms with Gasteiger partial charge in [0.2, 0.25) is 0 Å². The Morgan fingerprint density at radius 2 is 1.75 bits per heavy atom. The van der Waals surface area contributed by atoms with E-state index in [0.29, 0.717) is 17.8 Å². The molecule has 0 spiro atoms. The fourth-order valence-corrected chi connectivity index (χ4v) is 1.51.